The molecule has 0 aliphatic carbocycles. The van der Waals surface area contributed by atoms with Crippen LogP contribution in [0.15, 0.2) is 0 Å². The van der Waals surface area contributed by atoms with Crippen LogP contribution >= 0.6 is 0 Å². The molecule has 104 valence electrons. The van der Waals surface area contributed by atoms with Gasteiger partial charge in [-0.25, -0.2) is 0 Å². The van der Waals surface area contributed by atoms with Crippen molar-refractivity contribution in [2.45, 2.75) is 25.4 Å². The molecule has 6 heteroatoms. The number of carbonyl (C=O) groups is 1. The molecule has 3 heterocycles. The predicted molar refractivity (Wildman–Crippen MR) is 69.9 cm³/mol. The molecule has 1 N–H and O–H groups in total. The molecule has 19 heavy (non-hydrogen) atoms. The molecule has 0 spiro atoms. The van der Waals surface area contributed by atoms with Crippen LogP contribution in [0.1, 0.15) is 28.2 Å². The van der Waals surface area contributed by atoms with Crippen LogP contribution in [0.25, 0.3) is 0 Å². The van der Waals surface area contributed by atoms with E-state index in [0.29, 0.717) is 11.7 Å². The molecule has 3 rings (SSSR count). The van der Waals surface area contributed by atoms with Gasteiger partial charge in [0.05, 0.1) is 6.61 Å². The van der Waals surface area contributed by atoms with E-state index in [0.717, 1.165) is 50.4 Å². The molecular formula is C13H20N4O2. The summed E-state index contributed by atoms with van der Waals surface area (Å²) in [7, 11) is 3.52. The highest BCUT2D eigenvalue weighted by Gasteiger charge is 2.31. The maximum absolute atomic E-state index is 12.1. The van der Waals surface area contributed by atoms with Crippen LogP contribution in [0.5, 0.6) is 0 Å². The summed E-state index contributed by atoms with van der Waals surface area (Å²) in [5.41, 5.74) is 2.75. The van der Waals surface area contributed by atoms with Gasteiger partial charge in [0, 0.05) is 57.5 Å². The normalized spacial score (nSPS) is 23.4. The van der Waals surface area contributed by atoms with Gasteiger partial charge in [0.1, 0.15) is 0 Å². The van der Waals surface area contributed by atoms with Gasteiger partial charge in [0.25, 0.3) is 5.91 Å². The van der Waals surface area contributed by atoms with Crippen LogP contribution in [0.3, 0.4) is 0 Å². The average Bonchev–Trinajstić information content (AvgIpc) is 3.06. The highest BCUT2D eigenvalue weighted by Crippen LogP contribution is 2.25. The van der Waals surface area contributed by atoms with Crippen LogP contribution in [-0.2, 0) is 17.7 Å². The van der Waals surface area contributed by atoms with Gasteiger partial charge in [-0.2, -0.15) is 5.10 Å². The Hall–Kier alpha value is -1.40. The van der Waals surface area contributed by atoms with E-state index in [1.807, 2.05) is 0 Å². The number of hydrogen-bond acceptors (Lipinski definition) is 4. The Morgan fingerprint density at radius 2 is 2.37 bits per heavy atom. The van der Waals surface area contributed by atoms with Gasteiger partial charge in [-0.1, -0.05) is 0 Å². The third-order valence-electron chi connectivity index (χ3n) is 3.99. The highest BCUT2D eigenvalue weighted by molar-refractivity contribution is 5.93. The minimum atomic E-state index is -0.0259. The molecule has 1 fully saturated rings. The van der Waals surface area contributed by atoms with Gasteiger partial charge in [0.2, 0.25) is 0 Å². The highest BCUT2D eigenvalue weighted by atomic mass is 16.5. The number of amides is 1. The molecule has 0 aromatic carbocycles. The number of carbonyl (C=O) groups excluding carboxylic acids is 1. The van der Waals surface area contributed by atoms with E-state index in [1.54, 1.807) is 19.0 Å². The average molecular weight is 264 g/mol. The number of aromatic nitrogens is 2. The van der Waals surface area contributed by atoms with Crippen molar-refractivity contribution >= 4 is 5.91 Å². The zero-order chi connectivity index (χ0) is 13.4. The zero-order valence-electron chi connectivity index (χ0n) is 11.5. The van der Waals surface area contributed by atoms with Crippen molar-refractivity contribution in [1.82, 2.24) is 20.0 Å². The summed E-state index contributed by atoms with van der Waals surface area (Å²) in [5, 5.41) is 7.22. The summed E-state index contributed by atoms with van der Waals surface area (Å²) in [4.78, 5) is 16.1. The molecular weight excluding hydrogens is 244 g/mol. The van der Waals surface area contributed by atoms with Crippen molar-refractivity contribution in [3.8, 4) is 0 Å². The minimum Gasteiger partial charge on any atom is -0.380 e. The van der Waals surface area contributed by atoms with E-state index >= 15 is 0 Å². The molecule has 0 saturated carbocycles. The number of aromatic amines is 1. The quantitative estimate of drug-likeness (QED) is 0.832. The van der Waals surface area contributed by atoms with Crippen LogP contribution in [0, 0.1) is 0 Å². The van der Waals surface area contributed by atoms with Crippen molar-refractivity contribution in [3.05, 3.63) is 17.0 Å². The van der Waals surface area contributed by atoms with Crippen LogP contribution < -0.4 is 0 Å². The number of rotatable bonds is 2. The summed E-state index contributed by atoms with van der Waals surface area (Å²) < 4.78 is 5.46. The van der Waals surface area contributed by atoms with E-state index < -0.39 is 0 Å². The molecule has 1 aromatic rings. The molecule has 1 aromatic heterocycles. The second-order valence-corrected chi connectivity index (χ2v) is 5.47. The Kier molecular flexibility index (Phi) is 3.28. The Labute approximate surface area is 112 Å². The number of ether oxygens (including phenoxy) is 1. The second kappa shape index (κ2) is 4.94. The fourth-order valence-electron chi connectivity index (χ4n) is 2.83. The molecule has 0 radical (unpaired) electrons. The molecule has 1 unspecified atom stereocenters. The largest absolute Gasteiger partial charge is 0.380 e. The number of H-pyrrole nitrogens is 1. The van der Waals surface area contributed by atoms with Gasteiger partial charge >= 0.3 is 0 Å². The lowest BCUT2D eigenvalue weighted by Gasteiger charge is -2.31. The first-order valence-electron chi connectivity index (χ1n) is 6.76. The first kappa shape index (κ1) is 12.6. The molecule has 0 bridgehead atoms. The van der Waals surface area contributed by atoms with Crippen LogP contribution in [0.2, 0.25) is 0 Å². The summed E-state index contributed by atoms with van der Waals surface area (Å²) in [5.74, 6) is -0.0259. The van der Waals surface area contributed by atoms with Crippen molar-refractivity contribution in [2.24, 2.45) is 0 Å². The van der Waals surface area contributed by atoms with Gasteiger partial charge in [-0.3, -0.25) is 14.8 Å². The van der Waals surface area contributed by atoms with Crippen LogP contribution in [0.4, 0.5) is 0 Å². The molecule has 2 aliphatic rings. The van der Waals surface area contributed by atoms with Crippen molar-refractivity contribution in [3.63, 3.8) is 0 Å². The fraction of sp³-hybridized carbons (Fsp3) is 0.692. The number of nitrogens with one attached hydrogen (secondary N) is 1. The zero-order valence-corrected chi connectivity index (χ0v) is 11.5. The molecule has 1 saturated heterocycles. The molecule has 2 aliphatic heterocycles. The third-order valence-corrected chi connectivity index (χ3v) is 3.99. The van der Waals surface area contributed by atoms with Crippen molar-refractivity contribution in [2.75, 3.05) is 33.9 Å². The smallest absolute Gasteiger partial charge is 0.274 e. The summed E-state index contributed by atoms with van der Waals surface area (Å²) in [6.07, 6.45) is 2.02. The molecule has 1 atom stereocenters. The lowest BCUT2D eigenvalue weighted by Crippen LogP contribution is -2.40. The fourth-order valence-corrected chi connectivity index (χ4v) is 2.83. The maximum Gasteiger partial charge on any atom is 0.274 e. The number of fused-ring (bicyclic) bond motifs is 1. The van der Waals surface area contributed by atoms with Crippen molar-refractivity contribution in [1.29, 1.82) is 0 Å². The summed E-state index contributed by atoms with van der Waals surface area (Å²) >= 11 is 0. The van der Waals surface area contributed by atoms with Crippen LogP contribution in [-0.4, -0.2) is 65.8 Å². The third kappa shape index (κ3) is 2.26. The first-order valence-corrected chi connectivity index (χ1v) is 6.76. The first-order chi connectivity index (χ1) is 9.16. The number of hydrogen-bond donors (Lipinski definition) is 1. The van der Waals surface area contributed by atoms with Gasteiger partial charge in [-0.15, -0.1) is 0 Å². The van der Waals surface area contributed by atoms with Gasteiger partial charge in [0.15, 0.2) is 5.69 Å². The van der Waals surface area contributed by atoms with E-state index in [4.69, 9.17) is 4.74 Å². The summed E-state index contributed by atoms with van der Waals surface area (Å²) in [6.45, 7) is 3.47. The second-order valence-electron chi connectivity index (χ2n) is 5.47. The lowest BCUT2D eigenvalue weighted by molar-refractivity contribution is 0.0817. The predicted octanol–water partition coefficient (Wildman–Crippen LogP) is 0.258. The minimum absolute atomic E-state index is 0.0259. The topological polar surface area (TPSA) is 61.5 Å². The Morgan fingerprint density at radius 3 is 3.05 bits per heavy atom. The number of nitrogens with zero attached hydrogens (tertiary/aromatic N) is 3. The monoisotopic (exact) mass is 264 g/mol. The van der Waals surface area contributed by atoms with E-state index in [-0.39, 0.29) is 5.91 Å². The van der Waals surface area contributed by atoms with Gasteiger partial charge in [-0.05, 0) is 6.42 Å². The lowest BCUT2D eigenvalue weighted by atomic mass is 10.0. The van der Waals surface area contributed by atoms with E-state index in [2.05, 4.69) is 15.1 Å². The van der Waals surface area contributed by atoms with E-state index in [9.17, 15) is 4.79 Å². The SMILES string of the molecule is CN(C)C(=O)c1n[nH]c2c1CN(C1CCOC1)CC2. The summed E-state index contributed by atoms with van der Waals surface area (Å²) in [6, 6.07) is 0.491. The Balaban J connectivity index is 1.82. The Morgan fingerprint density at radius 1 is 1.53 bits per heavy atom. The van der Waals surface area contributed by atoms with E-state index in [1.165, 1.54) is 0 Å². The molecule has 6 nitrogen and oxygen atoms in total. The van der Waals surface area contributed by atoms with Gasteiger partial charge < -0.3 is 9.64 Å². The molecule has 1 amide bonds. The standard InChI is InChI=1S/C13H20N4O2/c1-16(2)13(18)12-10-7-17(9-4-6-19-8-9)5-3-11(10)14-15-12/h9H,3-8H2,1-2H3,(H,14,15). The maximum atomic E-state index is 12.1. The Bertz CT molecular complexity index is 477. The van der Waals surface area contributed by atoms with Crippen molar-refractivity contribution < 1.29 is 9.53 Å².